The zero-order chi connectivity index (χ0) is 41.6. The second kappa shape index (κ2) is 24.8. The normalized spacial score (nSPS) is 13.7. The first-order valence-electron chi connectivity index (χ1n) is 17.4. The van der Waals surface area contributed by atoms with E-state index in [0.717, 1.165) is 11.1 Å². The highest BCUT2D eigenvalue weighted by atomic mass is 19.4. The van der Waals surface area contributed by atoms with E-state index >= 15 is 0 Å². The number of hydrogen-bond acceptors (Lipinski definition) is 9. The molecule has 0 fully saturated rings. The molecule has 55 heavy (non-hydrogen) atoms. The summed E-state index contributed by atoms with van der Waals surface area (Å²) in [6.07, 6.45) is -7.44. The molecule has 0 aliphatic carbocycles. The van der Waals surface area contributed by atoms with Gasteiger partial charge in [-0.15, -0.1) is 0 Å². The molecule has 0 aliphatic heterocycles. The van der Waals surface area contributed by atoms with Gasteiger partial charge in [0, 0.05) is 13.1 Å². The first-order chi connectivity index (χ1) is 25.8. The number of aliphatic imine (C=N–C) groups is 1. The van der Waals surface area contributed by atoms with E-state index in [2.05, 4.69) is 26.3 Å². The minimum absolute atomic E-state index is 0.0294. The molecule has 0 saturated heterocycles. The van der Waals surface area contributed by atoms with Crippen LogP contribution in [0.3, 0.4) is 0 Å². The van der Waals surface area contributed by atoms with Crippen molar-refractivity contribution in [2.75, 3.05) is 13.1 Å². The number of ether oxygens (including phenoxy) is 1. The maximum atomic E-state index is 13.4. The Kier molecular flexibility index (Phi) is 21.5. The Morgan fingerprint density at radius 3 is 1.93 bits per heavy atom. The third kappa shape index (κ3) is 21.2. The van der Waals surface area contributed by atoms with Crippen LogP contribution in [0.4, 0.5) is 18.0 Å². The molecule has 0 radical (unpaired) electrons. The maximum Gasteiger partial charge on any atom is 0.490 e. The number of aliphatic carboxylic acids is 1. The number of carbonyl (C=O) groups excluding carboxylic acids is 4. The third-order valence-corrected chi connectivity index (χ3v) is 7.56. The maximum absolute atomic E-state index is 13.4. The number of halogens is 3. The molecule has 5 atom stereocenters. The van der Waals surface area contributed by atoms with Gasteiger partial charge in [-0.2, -0.15) is 13.2 Å². The number of hydrogen-bond donors (Lipinski definition) is 9. The lowest BCUT2D eigenvalue weighted by molar-refractivity contribution is -0.192. The van der Waals surface area contributed by atoms with Gasteiger partial charge in [0.05, 0.1) is 24.7 Å². The van der Waals surface area contributed by atoms with Crippen LogP contribution >= 0.6 is 0 Å². The van der Waals surface area contributed by atoms with Crippen molar-refractivity contribution in [3.05, 3.63) is 71.8 Å². The van der Waals surface area contributed by atoms with Gasteiger partial charge in [-0.25, -0.2) is 9.59 Å². The summed E-state index contributed by atoms with van der Waals surface area (Å²) in [5, 5.41) is 39.1. The summed E-state index contributed by atoms with van der Waals surface area (Å²) in [4.78, 5) is 64.8. The van der Waals surface area contributed by atoms with Crippen molar-refractivity contribution in [1.29, 1.82) is 0 Å². The minimum Gasteiger partial charge on any atom is -0.475 e. The van der Waals surface area contributed by atoms with Crippen molar-refractivity contribution in [2.45, 2.75) is 96.0 Å². The molecule has 0 heterocycles. The quantitative estimate of drug-likeness (QED) is 0.0527. The first-order valence-corrected chi connectivity index (χ1v) is 17.4. The molecule has 0 saturated carbocycles. The number of amides is 4. The van der Waals surface area contributed by atoms with Crippen LogP contribution in [-0.2, 0) is 36.9 Å². The number of carboxylic acid groups (broad SMARTS) is 1. The molecule has 0 unspecified atom stereocenters. The number of aliphatic hydroxyl groups is 2. The van der Waals surface area contributed by atoms with E-state index < -0.39 is 60.4 Å². The van der Waals surface area contributed by atoms with Gasteiger partial charge in [-0.1, -0.05) is 74.5 Å². The van der Waals surface area contributed by atoms with E-state index in [1.54, 1.807) is 24.3 Å². The highest BCUT2D eigenvalue weighted by molar-refractivity contribution is 5.91. The topological polar surface area (TPSA) is 268 Å². The van der Waals surface area contributed by atoms with Crippen molar-refractivity contribution in [3.63, 3.8) is 0 Å². The lowest BCUT2D eigenvalue weighted by Crippen LogP contribution is -2.59. The van der Waals surface area contributed by atoms with Crippen LogP contribution in [0.15, 0.2) is 65.7 Å². The Labute approximate surface area is 317 Å². The molecule has 0 aromatic heterocycles. The summed E-state index contributed by atoms with van der Waals surface area (Å²) >= 11 is 0. The molecule has 16 nitrogen and oxygen atoms in total. The van der Waals surface area contributed by atoms with Gasteiger partial charge in [0.15, 0.2) is 5.96 Å². The second-order valence-electron chi connectivity index (χ2n) is 12.8. The van der Waals surface area contributed by atoms with E-state index in [-0.39, 0.29) is 43.8 Å². The van der Waals surface area contributed by atoms with Crippen molar-refractivity contribution in [2.24, 2.45) is 22.4 Å². The van der Waals surface area contributed by atoms with Crippen LogP contribution in [0.1, 0.15) is 57.6 Å². The lowest BCUT2D eigenvalue weighted by Gasteiger charge is -2.29. The fourth-order valence-electron chi connectivity index (χ4n) is 4.83. The van der Waals surface area contributed by atoms with Crippen molar-refractivity contribution in [1.82, 2.24) is 21.3 Å². The van der Waals surface area contributed by atoms with Crippen LogP contribution in [0.2, 0.25) is 0 Å². The van der Waals surface area contributed by atoms with Gasteiger partial charge in [0.1, 0.15) is 18.7 Å². The average Bonchev–Trinajstić information content (AvgIpc) is 3.10. The number of aliphatic hydroxyl groups excluding tert-OH is 2. The Hall–Kier alpha value is -5.43. The van der Waals surface area contributed by atoms with Gasteiger partial charge < -0.3 is 52.8 Å². The van der Waals surface area contributed by atoms with Crippen molar-refractivity contribution < 1.29 is 57.2 Å². The number of nitrogens with zero attached hydrogens (tertiary/aromatic N) is 1. The predicted octanol–water partition coefficient (Wildman–Crippen LogP) is 1.47. The Morgan fingerprint density at radius 1 is 0.855 bits per heavy atom. The Morgan fingerprint density at radius 2 is 1.42 bits per heavy atom. The molecule has 2 aromatic rings. The second-order valence-corrected chi connectivity index (χ2v) is 12.8. The summed E-state index contributed by atoms with van der Waals surface area (Å²) in [5.41, 5.74) is 12.6. The molecule has 4 amide bonds. The number of rotatable bonds is 20. The van der Waals surface area contributed by atoms with Crippen molar-refractivity contribution in [3.8, 4) is 0 Å². The lowest BCUT2D eigenvalue weighted by atomic mass is 9.96. The number of nitrogens with two attached hydrogens (primary N) is 2. The highest BCUT2D eigenvalue weighted by Crippen LogP contribution is 2.14. The Bertz CT molecular complexity index is 1510. The molecule has 306 valence electrons. The number of benzene rings is 2. The summed E-state index contributed by atoms with van der Waals surface area (Å²) in [6, 6.07) is 15.2. The summed E-state index contributed by atoms with van der Waals surface area (Å²) < 4.78 is 37.0. The van der Waals surface area contributed by atoms with Crippen LogP contribution in [0.5, 0.6) is 0 Å². The van der Waals surface area contributed by atoms with E-state index in [1.807, 2.05) is 50.2 Å². The van der Waals surface area contributed by atoms with Gasteiger partial charge in [-0.3, -0.25) is 19.4 Å². The zero-order valence-electron chi connectivity index (χ0n) is 30.9. The van der Waals surface area contributed by atoms with Crippen LogP contribution in [0.25, 0.3) is 0 Å². The number of alkyl halides is 3. The smallest absolute Gasteiger partial charge is 0.475 e. The number of carbonyl (C=O) groups is 5. The number of guanidine groups is 1. The summed E-state index contributed by atoms with van der Waals surface area (Å²) in [5.74, 6) is -4.75. The molecule has 0 spiro atoms. The van der Waals surface area contributed by atoms with Gasteiger partial charge in [0.25, 0.3) is 0 Å². The fourth-order valence-corrected chi connectivity index (χ4v) is 4.83. The molecular formula is C36H52F3N7O9. The first kappa shape index (κ1) is 47.6. The highest BCUT2D eigenvalue weighted by Gasteiger charge is 2.38. The zero-order valence-corrected chi connectivity index (χ0v) is 30.9. The molecule has 2 aromatic carbocycles. The van der Waals surface area contributed by atoms with E-state index in [1.165, 1.54) is 6.92 Å². The number of alkyl carbamates (subject to hydrolysis) is 1. The van der Waals surface area contributed by atoms with Crippen LogP contribution in [-0.4, -0.2) is 101 Å². The molecular weight excluding hydrogens is 731 g/mol. The van der Waals surface area contributed by atoms with Gasteiger partial charge in [-0.05, 0) is 49.7 Å². The fraction of sp³-hybridized carbons (Fsp3) is 0.500. The largest absolute Gasteiger partial charge is 0.490 e. The summed E-state index contributed by atoms with van der Waals surface area (Å²) in [7, 11) is 0. The van der Waals surface area contributed by atoms with E-state index in [4.69, 9.17) is 26.1 Å². The Balaban J connectivity index is 0.00000196. The third-order valence-electron chi connectivity index (χ3n) is 7.56. The van der Waals surface area contributed by atoms with Gasteiger partial charge >= 0.3 is 18.2 Å². The average molecular weight is 784 g/mol. The monoisotopic (exact) mass is 783 g/mol. The van der Waals surface area contributed by atoms with Gasteiger partial charge in [0.2, 0.25) is 17.7 Å². The van der Waals surface area contributed by atoms with Crippen LogP contribution in [0, 0.1) is 5.92 Å². The van der Waals surface area contributed by atoms with E-state index in [0.29, 0.717) is 25.8 Å². The number of carboxylic acids is 1. The summed E-state index contributed by atoms with van der Waals surface area (Å²) in [6.45, 7) is 5.66. The van der Waals surface area contributed by atoms with Crippen molar-refractivity contribution >= 4 is 35.7 Å². The molecule has 0 bridgehead atoms. The SMILES string of the molecule is CC(C)C[C@H](NC(=O)[C@@H](NC(=O)[C@H](CCCN=C(N)N)NC(=O)OCc1ccccc1)[C@@H](C)O)[C@@H](O)CC(=O)NCCc1ccccc1.O=C(O)C(F)(F)F. The number of nitrogens with one attached hydrogen (secondary N) is 4. The molecule has 0 aliphatic rings. The predicted molar refractivity (Wildman–Crippen MR) is 196 cm³/mol. The van der Waals surface area contributed by atoms with Crippen LogP contribution < -0.4 is 32.7 Å². The minimum atomic E-state index is -5.08. The molecule has 2 rings (SSSR count). The molecule has 19 heteroatoms. The molecule has 11 N–H and O–H groups in total. The van der Waals surface area contributed by atoms with E-state index in [9.17, 15) is 42.6 Å². The standard InChI is InChI=1S/C34H51N7O7.C2HF3O2/c1-22(2)19-27(28(43)20-29(44)37-18-16-24-11-6-4-7-12-24)39-32(46)30(23(3)42)41-31(45)26(15-10-17-38-33(35)36)40-34(47)48-21-25-13-8-5-9-14-25;3-2(4,5)1(6)7/h4-9,11-14,22-23,26-28,30,42-43H,10,15-21H2,1-3H3,(H,37,44)(H,39,46)(H,40,47)(H,41,45)(H4,35,36,38);(H,6,7)/t23-,26+,27+,28+,30+;/m1./s1.